The zero-order valence-electron chi connectivity index (χ0n) is 12.5. The molecule has 0 spiro atoms. The highest BCUT2D eigenvalue weighted by Gasteiger charge is 2.31. The third kappa shape index (κ3) is 2.39. The van der Waals surface area contributed by atoms with Gasteiger partial charge in [-0.15, -0.1) is 4.40 Å². The second-order valence-electron chi connectivity index (χ2n) is 5.02. The van der Waals surface area contributed by atoms with Crippen molar-refractivity contribution in [2.45, 2.75) is 31.6 Å². The molecule has 114 valence electrons. The summed E-state index contributed by atoms with van der Waals surface area (Å²) in [5.41, 5.74) is 2.06. The number of aryl methyl sites for hydroxylation is 1. The number of anilines is 2. The van der Waals surface area contributed by atoms with Crippen LogP contribution in [0.4, 0.5) is 11.5 Å². The van der Waals surface area contributed by atoms with Crippen molar-refractivity contribution in [3.63, 3.8) is 0 Å². The first-order valence-corrected chi connectivity index (χ1v) is 8.68. The second-order valence-corrected chi connectivity index (χ2v) is 6.59. The molecule has 1 aliphatic rings. The van der Waals surface area contributed by atoms with E-state index in [1.54, 1.807) is 18.3 Å². The quantitative estimate of drug-likeness (QED) is 0.872. The van der Waals surface area contributed by atoms with E-state index in [4.69, 9.17) is 0 Å². The fourth-order valence-electron chi connectivity index (χ4n) is 2.51. The smallest absolute Gasteiger partial charge is 0.281 e. The maximum absolute atomic E-state index is 12.3. The minimum Gasteiger partial charge on any atom is -0.281 e. The van der Waals surface area contributed by atoms with Crippen molar-refractivity contribution in [1.29, 1.82) is 0 Å². The Labute approximate surface area is 130 Å². The van der Waals surface area contributed by atoms with Gasteiger partial charge in [-0.2, -0.15) is 8.42 Å². The molecular weight excluding hydrogens is 298 g/mol. The molecule has 0 unspecified atom stereocenters. The van der Waals surface area contributed by atoms with E-state index in [0.29, 0.717) is 18.1 Å². The lowest BCUT2D eigenvalue weighted by Gasteiger charge is -2.29. The van der Waals surface area contributed by atoms with E-state index in [9.17, 15) is 8.42 Å². The van der Waals surface area contributed by atoms with Crippen molar-refractivity contribution in [2.24, 2.45) is 4.40 Å². The Morgan fingerprint density at radius 3 is 2.64 bits per heavy atom. The third-order valence-corrected chi connectivity index (χ3v) is 4.94. The van der Waals surface area contributed by atoms with E-state index in [1.165, 1.54) is 5.56 Å². The summed E-state index contributed by atoms with van der Waals surface area (Å²) in [6, 6.07) is 11.2. The van der Waals surface area contributed by atoms with Gasteiger partial charge in [0, 0.05) is 18.3 Å². The van der Waals surface area contributed by atoms with Gasteiger partial charge in [0.1, 0.15) is 10.7 Å². The Bertz CT molecular complexity index is 844. The van der Waals surface area contributed by atoms with Crippen molar-refractivity contribution in [3.05, 3.63) is 48.2 Å². The second kappa shape index (κ2) is 5.53. The van der Waals surface area contributed by atoms with Crippen molar-refractivity contribution >= 4 is 27.4 Å². The van der Waals surface area contributed by atoms with Gasteiger partial charge in [0.2, 0.25) is 0 Å². The number of aromatic nitrogens is 1. The van der Waals surface area contributed by atoms with Crippen LogP contribution in [0.25, 0.3) is 0 Å². The first kappa shape index (κ1) is 14.7. The zero-order chi connectivity index (χ0) is 15.7. The van der Waals surface area contributed by atoms with Crippen LogP contribution in [0.15, 0.2) is 51.9 Å². The predicted molar refractivity (Wildman–Crippen MR) is 87.1 cm³/mol. The zero-order valence-corrected chi connectivity index (χ0v) is 13.3. The Morgan fingerprint density at radius 1 is 1.09 bits per heavy atom. The minimum absolute atomic E-state index is 0.147. The molecule has 2 aromatic rings. The molecule has 2 heterocycles. The number of fused-ring (bicyclic) bond motifs is 1. The highest BCUT2D eigenvalue weighted by molar-refractivity contribution is 7.90. The summed E-state index contributed by atoms with van der Waals surface area (Å²) in [5.74, 6) is 0.905. The molecular formula is C16H17N3O2S. The van der Waals surface area contributed by atoms with Crippen LogP contribution in [0.2, 0.25) is 0 Å². The van der Waals surface area contributed by atoms with Gasteiger partial charge in [0.05, 0.1) is 0 Å². The van der Waals surface area contributed by atoms with Gasteiger partial charge >= 0.3 is 0 Å². The largest absolute Gasteiger partial charge is 0.287 e. The average Bonchev–Trinajstić information content (AvgIpc) is 2.54. The summed E-state index contributed by atoms with van der Waals surface area (Å²) in [6.45, 7) is 3.97. The van der Waals surface area contributed by atoms with Crippen LogP contribution in [0.1, 0.15) is 25.8 Å². The highest BCUT2D eigenvalue weighted by Crippen LogP contribution is 2.35. The number of sulfonamides is 1. The minimum atomic E-state index is -3.68. The molecule has 0 saturated carbocycles. The Balaban J connectivity index is 2.24. The Hall–Kier alpha value is -2.21. The molecule has 22 heavy (non-hydrogen) atoms. The summed E-state index contributed by atoms with van der Waals surface area (Å²) in [4.78, 5) is 6.27. The Kier molecular flexibility index (Phi) is 3.70. The number of nitrogens with zero attached hydrogens (tertiary/aromatic N) is 3. The molecule has 1 aromatic heterocycles. The maximum atomic E-state index is 12.3. The lowest BCUT2D eigenvalue weighted by atomic mass is 10.1. The van der Waals surface area contributed by atoms with E-state index >= 15 is 0 Å². The lowest BCUT2D eigenvalue weighted by Crippen LogP contribution is -2.32. The SMILES string of the molecule is CCC1=NS(=O)(=O)c2cccnc2N1c1cccc(CC)c1. The van der Waals surface area contributed by atoms with Crippen LogP contribution in [0.5, 0.6) is 0 Å². The Morgan fingerprint density at radius 2 is 1.91 bits per heavy atom. The van der Waals surface area contributed by atoms with Crippen LogP contribution >= 0.6 is 0 Å². The van der Waals surface area contributed by atoms with Gasteiger partial charge in [0.15, 0.2) is 5.82 Å². The van der Waals surface area contributed by atoms with Gasteiger partial charge in [-0.3, -0.25) is 4.90 Å². The van der Waals surface area contributed by atoms with E-state index in [0.717, 1.165) is 12.1 Å². The van der Waals surface area contributed by atoms with Crippen LogP contribution in [-0.4, -0.2) is 19.2 Å². The number of hydrogen-bond donors (Lipinski definition) is 0. The summed E-state index contributed by atoms with van der Waals surface area (Å²) in [5, 5.41) is 0. The maximum Gasteiger partial charge on any atom is 0.287 e. The molecule has 0 radical (unpaired) electrons. The van der Waals surface area contributed by atoms with Crippen LogP contribution in [0, 0.1) is 0 Å². The average molecular weight is 315 g/mol. The molecule has 3 rings (SSSR count). The van der Waals surface area contributed by atoms with Crippen molar-refractivity contribution in [2.75, 3.05) is 4.90 Å². The molecule has 1 aliphatic heterocycles. The van der Waals surface area contributed by atoms with E-state index in [-0.39, 0.29) is 4.90 Å². The summed E-state index contributed by atoms with van der Waals surface area (Å²) in [6.07, 6.45) is 3.02. The van der Waals surface area contributed by atoms with E-state index in [1.807, 2.05) is 36.1 Å². The molecule has 5 nitrogen and oxygen atoms in total. The molecule has 0 saturated heterocycles. The van der Waals surface area contributed by atoms with Crippen molar-refractivity contribution in [3.8, 4) is 0 Å². The number of pyridine rings is 1. The van der Waals surface area contributed by atoms with Gasteiger partial charge < -0.3 is 0 Å². The van der Waals surface area contributed by atoms with Crippen LogP contribution in [-0.2, 0) is 16.4 Å². The van der Waals surface area contributed by atoms with Crippen LogP contribution in [0.3, 0.4) is 0 Å². The molecule has 0 bridgehead atoms. The van der Waals surface area contributed by atoms with E-state index < -0.39 is 10.0 Å². The molecule has 0 atom stereocenters. The van der Waals surface area contributed by atoms with Gasteiger partial charge in [0.25, 0.3) is 10.0 Å². The third-order valence-electron chi connectivity index (χ3n) is 3.62. The molecule has 0 amide bonds. The normalized spacial score (nSPS) is 16.1. The van der Waals surface area contributed by atoms with Gasteiger partial charge in [-0.05, 0) is 36.2 Å². The van der Waals surface area contributed by atoms with Crippen molar-refractivity contribution in [1.82, 2.24) is 4.98 Å². The van der Waals surface area contributed by atoms with Crippen molar-refractivity contribution < 1.29 is 8.42 Å². The fourth-order valence-corrected chi connectivity index (χ4v) is 3.72. The monoisotopic (exact) mass is 315 g/mol. The van der Waals surface area contributed by atoms with Gasteiger partial charge in [-0.25, -0.2) is 4.98 Å². The number of rotatable bonds is 3. The standard InChI is InChI=1S/C16H17N3O2S/c1-3-12-7-5-8-13(11-12)19-15(4-2)18-22(20,21)14-9-6-10-17-16(14)19/h5-11H,3-4H2,1-2H3. The summed E-state index contributed by atoms with van der Waals surface area (Å²) >= 11 is 0. The van der Waals surface area contributed by atoms with E-state index in [2.05, 4.69) is 16.3 Å². The lowest BCUT2D eigenvalue weighted by molar-refractivity contribution is 0.596. The molecule has 0 fully saturated rings. The topological polar surface area (TPSA) is 62.6 Å². The summed E-state index contributed by atoms with van der Waals surface area (Å²) in [7, 11) is -3.68. The predicted octanol–water partition coefficient (Wildman–Crippen LogP) is 3.29. The molecule has 1 aromatic carbocycles. The molecule has 0 N–H and O–H groups in total. The first-order chi connectivity index (χ1) is 10.6. The number of amidine groups is 1. The first-order valence-electron chi connectivity index (χ1n) is 7.24. The molecule has 0 aliphatic carbocycles. The summed E-state index contributed by atoms with van der Waals surface area (Å²) < 4.78 is 28.5. The number of benzene rings is 1. The van der Waals surface area contributed by atoms with Crippen LogP contribution < -0.4 is 4.90 Å². The highest BCUT2D eigenvalue weighted by atomic mass is 32.2. The van der Waals surface area contributed by atoms with Gasteiger partial charge in [-0.1, -0.05) is 26.0 Å². The fraction of sp³-hybridized carbons (Fsp3) is 0.250. The molecule has 6 heteroatoms. The number of hydrogen-bond acceptors (Lipinski definition) is 4.